The number of rotatable bonds is 4. The van der Waals surface area contributed by atoms with E-state index in [4.69, 9.17) is 4.74 Å². The number of hydrogen-bond donors (Lipinski definition) is 1. The van der Waals surface area contributed by atoms with E-state index in [-0.39, 0.29) is 12.0 Å². The third-order valence-electron chi connectivity index (χ3n) is 2.98. The highest BCUT2D eigenvalue weighted by atomic mass is 79.9. The second-order valence-corrected chi connectivity index (χ2v) is 5.23. The predicted molar refractivity (Wildman–Crippen MR) is 75.7 cm³/mol. The van der Waals surface area contributed by atoms with Gasteiger partial charge in [-0.1, -0.05) is 34.1 Å². The monoisotopic (exact) mass is 342 g/mol. The highest BCUT2D eigenvalue weighted by Gasteiger charge is 2.20. The second kappa shape index (κ2) is 6.33. The van der Waals surface area contributed by atoms with Crippen molar-refractivity contribution in [3.63, 3.8) is 0 Å². The highest BCUT2D eigenvalue weighted by molar-refractivity contribution is 9.10. The molecule has 0 saturated carbocycles. The van der Waals surface area contributed by atoms with E-state index in [9.17, 15) is 13.9 Å². The van der Waals surface area contributed by atoms with Crippen molar-refractivity contribution in [3.8, 4) is 5.75 Å². The average molecular weight is 343 g/mol. The van der Waals surface area contributed by atoms with Gasteiger partial charge in [0.2, 0.25) is 0 Å². The number of methoxy groups -OCH3 is 1. The van der Waals surface area contributed by atoms with Crippen molar-refractivity contribution in [2.75, 3.05) is 7.11 Å². The second-order valence-electron chi connectivity index (χ2n) is 4.31. The van der Waals surface area contributed by atoms with E-state index < -0.39 is 17.7 Å². The van der Waals surface area contributed by atoms with Gasteiger partial charge in [0, 0.05) is 10.9 Å². The lowest BCUT2D eigenvalue weighted by Gasteiger charge is -2.15. The van der Waals surface area contributed by atoms with Gasteiger partial charge >= 0.3 is 0 Å². The van der Waals surface area contributed by atoms with E-state index in [2.05, 4.69) is 15.9 Å². The predicted octanol–water partition coefficient (Wildman–Crippen LogP) is 4.01. The lowest BCUT2D eigenvalue weighted by Crippen LogP contribution is -2.08. The molecule has 0 saturated heterocycles. The van der Waals surface area contributed by atoms with E-state index in [0.717, 1.165) is 12.1 Å². The van der Waals surface area contributed by atoms with Crippen LogP contribution in [0.4, 0.5) is 8.78 Å². The molecule has 0 bridgehead atoms. The van der Waals surface area contributed by atoms with Crippen LogP contribution in [0, 0.1) is 11.6 Å². The first kappa shape index (κ1) is 14.9. The van der Waals surface area contributed by atoms with Crippen molar-refractivity contribution < 1.29 is 18.6 Å². The lowest BCUT2D eigenvalue weighted by atomic mass is 10.00. The van der Waals surface area contributed by atoms with Crippen LogP contribution in [0.2, 0.25) is 0 Å². The Morgan fingerprint density at radius 2 is 1.80 bits per heavy atom. The van der Waals surface area contributed by atoms with Gasteiger partial charge in [-0.25, -0.2) is 8.78 Å². The first-order chi connectivity index (χ1) is 9.52. The van der Waals surface area contributed by atoms with E-state index in [1.807, 2.05) is 0 Å². The topological polar surface area (TPSA) is 29.5 Å². The van der Waals surface area contributed by atoms with Crippen LogP contribution in [-0.2, 0) is 6.42 Å². The van der Waals surface area contributed by atoms with Gasteiger partial charge in [-0.05, 0) is 23.8 Å². The Hall–Kier alpha value is -1.46. The fourth-order valence-electron chi connectivity index (χ4n) is 2.05. The molecule has 0 aliphatic heterocycles. The first-order valence-electron chi connectivity index (χ1n) is 5.97. The Morgan fingerprint density at radius 3 is 2.40 bits per heavy atom. The molecular weight excluding hydrogens is 330 g/mol. The molecule has 0 aliphatic rings. The fourth-order valence-corrected chi connectivity index (χ4v) is 2.46. The zero-order chi connectivity index (χ0) is 14.7. The Bertz CT molecular complexity index is 594. The number of benzene rings is 2. The van der Waals surface area contributed by atoms with Crippen molar-refractivity contribution >= 4 is 15.9 Å². The van der Waals surface area contributed by atoms with Crippen LogP contribution < -0.4 is 4.74 Å². The molecule has 0 aliphatic carbocycles. The number of ether oxygens (including phenoxy) is 1. The molecule has 5 heteroatoms. The minimum absolute atomic E-state index is 0.0689. The average Bonchev–Trinajstić information content (AvgIpc) is 2.38. The SMILES string of the molecule is COc1ccccc1CC(O)c1c(F)cc(Br)cc1F. The third kappa shape index (κ3) is 3.16. The molecule has 2 nitrogen and oxygen atoms in total. The van der Waals surface area contributed by atoms with Gasteiger partial charge in [0.15, 0.2) is 0 Å². The molecule has 106 valence electrons. The van der Waals surface area contributed by atoms with Crippen LogP contribution in [0.25, 0.3) is 0 Å². The minimum atomic E-state index is -1.28. The van der Waals surface area contributed by atoms with Crippen LogP contribution in [0.15, 0.2) is 40.9 Å². The third-order valence-corrected chi connectivity index (χ3v) is 3.44. The molecule has 2 aromatic carbocycles. The molecule has 0 spiro atoms. The molecule has 2 rings (SSSR count). The summed E-state index contributed by atoms with van der Waals surface area (Å²) in [6, 6.07) is 9.30. The molecule has 20 heavy (non-hydrogen) atoms. The van der Waals surface area contributed by atoms with E-state index in [0.29, 0.717) is 15.8 Å². The van der Waals surface area contributed by atoms with E-state index >= 15 is 0 Å². The molecule has 0 fully saturated rings. The van der Waals surface area contributed by atoms with Crippen LogP contribution >= 0.6 is 15.9 Å². The summed E-state index contributed by atoms with van der Waals surface area (Å²) in [5.41, 5.74) is 0.350. The number of aliphatic hydroxyl groups is 1. The molecule has 2 aromatic rings. The maximum atomic E-state index is 13.8. The molecular formula is C15H13BrF2O2. The summed E-state index contributed by atoms with van der Waals surface area (Å²) in [6.45, 7) is 0. The maximum absolute atomic E-state index is 13.8. The van der Waals surface area contributed by atoms with E-state index in [1.54, 1.807) is 24.3 Å². The summed E-state index contributed by atoms with van der Waals surface area (Å²) in [6.07, 6.45) is -1.21. The molecule has 0 heterocycles. The van der Waals surface area contributed by atoms with Gasteiger partial charge < -0.3 is 9.84 Å². The number of aliphatic hydroxyl groups excluding tert-OH is 1. The van der Waals surface area contributed by atoms with Crippen molar-refractivity contribution in [1.29, 1.82) is 0 Å². The zero-order valence-corrected chi connectivity index (χ0v) is 12.3. The van der Waals surface area contributed by atoms with Crippen LogP contribution in [0.1, 0.15) is 17.2 Å². The van der Waals surface area contributed by atoms with Crippen molar-refractivity contribution in [1.82, 2.24) is 0 Å². The largest absolute Gasteiger partial charge is 0.496 e. The Balaban J connectivity index is 2.31. The van der Waals surface area contributed by atoms with Crippen molar-refractivity contribution in [2.24, 2.45) is 0 Å². The molecule has 0 aromatic heterocycles. The van der Waals surface area contributed by atoms with Crippen molar-refractivity contribution in [3.05, 3.63) is 63.6 Å². The molecule has 1 N–H and O–H groups in total. The van der Waals surface area contributed by atoms with Gasteiger partial charge in [0.1, 0.15) is 17.4 Å². The van der Waals surface area contributed by atoms with Gasteiger partial charge in [-0.15, -0.1) is 0 Å². The number of para-hydroxylation sites is 1. The van der Waals surface area contributed by atoms with Crippen LogP contribution in [-0.4, -0.2) is 12.2 Å². The standard InChI is InChI=1S/C15H13BrF2O2/c1-20-14-5-3-2-4-9(14)6-13(19)15-11(17)7-10(16)8-12(15)18/h2-5,7-8,13,19H,6H2,1H3. The smallest absolute Gasteiger partial charge is 0.133 e. The van der Waals surface area contributed by atoms with Gasteiger partial charge in [-0.3, -0.25) is 0 Å². The van der Waals surface area contributed by atoms with Crippen LogP contribution in [0.3, 0.4) is 0 Å². The first-order valence-corrected chi connectivity index (χ1v) is 6.76. The summed E-state index contributed by atoms with van der Waals surface area (Å²) < 4.78 is 33.0. The molecule has 1 atom stereocenters. The summed E-state index contributed by atoms with van der Waals surface area (Å²) in [4.78, 5) is 0. The summed E-state index contributed by atoms with van der Waals surface area (Å²) in [7, 11) is 1.51. The summed E-state index contributed by atoms with van der Waals surface area (Å²) in [5, 5.41) is 10.1. The number of halogens is 3. The van der Waals surface area contributed by atoms with Crippen molar-refractivity contribution in [2.45, 2.75) is 12.5 Å². The lowest BCUT2D eigenvalue weighted by molar-refractivity contribution is 0.167. The number of hydrogen-bond acceptors (Lipinski definition) is 2. The van der Waals surface area contributed by atoms with Gasteiger partial charge in [-0.2, -0.15) is 0 Å². The van der Waals surface area contributed by atoms with Gasteiger partial charge in [0.05, 0.1) is 18.8 Å². The summed E-state index contributed by atoms with van der Waals surface area (Å²) >= 11 is 3.00. The highest BCUT2D eigenvalue weighted by Crippen LogP contribution is 2.29. The molecule has 0 radical (unpaired) electrons. The molecule has 1 unspecified atom stereocenters. The zero-order valence-electron chi connectivity index (χ0n) is 10.7. The normalized spacial score (nSPS) is 12.2. The Labute approximate surface area is 124 Å². The summed E-state index contributed by atoms with van der Waals surface area (Å²) in [5.74, 6) is -0.983. The van der Waals surface area contributed by atoms with E-state index in [1.165, 1.54) is 7.11 Å². The Kier molecular flexibility index (Phi) is 4.73. The minimum Gasteiger partial charge on any atom is -0.496 e. The van der Waals surface area contributed by atoms with Crippen LogP contribution in [0.5, 0.6) is 5.75 Å². The fraction of sp³-hybridized carbons (Fsp3) is 0.200. The maximum Gasteiger partial charge on any atom is 0.133 e. The van der Waals surface area contributed by atoms with Gasteiger partial charge in [0.25, 0.3) is 0 Å². The molecule has 0 amide bonds. The quantitative estimate of drug-likeness (QED) is 0.909. The Morgan fingerprint density at radius 1 is 1.20 bits per heavy atom.